The average molecular weight is 160 g/mol. The molecule has 11 heavy (non-hydrogen) atoms. The Hall–Kier alpha value is -0.120. The summed E-state index contributed by atoms with van der Waals surface area (Å²) in [5.74, 6) is 0. The summed E-state index contributed by atoms with van der Waals surface area (Å²) >= 11 is 0. The first-order valence-corrected chi connectivity index (χ1v) is 4.29. The predicted octanol–water partition coefficient (Wildman–Crippen LogP) is 0.300. The van der Waals surface area contributed by atoms with Crippen LogP contribution in [0.3, 0.4) is 0 Å². The second-order valence-corrected chi connectivity index (χ2v) is 3.21. The number of rotatable bonds is 2. The van der Waals surface area contributed by atoms with Crippen molar-refractivity contribution < 1.29 is 6.16 Å². The molecule has 1 rings (SSSR count). The van der Waals surface area contributed by atoms with Crippen molar-refractivity contribution in [3.8, 4) is 0 Å². The largest absolute Gasteiger partial charge is 0.376 e. The van der Waals surface area contributed by atoms with Gasteiger partial charge >= 0.3 is 0 Å². The Kier molecular flexibility index (Phi) is 3.30. The second kappa shape index (κ2) is 4.04. The topological polar surface area (TPSA) is 38.5 Å². The number of likely N-dealkylation sites (N-methyl/N-ethyl adjacent to an activating group) is 1. The molecule has 0 aliphatic carbocycles. The van der Waals surface area contributed by atoms with Crippen LogP contribution in [0, 0.1) is 0 Å². The molecule has 0 aromatic heterocycles. The molecule has 0 aromatic carbocycles. The van der Waals surface area contributed by atoms with Gasteiger partial charge in [0, 0.05) is 20.6 Å². The van der Waals surface area contributed by atoms with E-state index in [4.69, 9.17) is 10.5 Å². The van der Waals surface area contributed by atoms with Crippen LogP contribution in [0.1, 0.15) is 14.8 Å². The maximum atomic E-state index is 5.88. The molecule has 2 atom stereocenters. The third-order valence-corrected chi connectivity index (χ3v) is 2.19. The Morgan fingerprint density at radius 3 is 3.09 bits per heavy atom. The van der Waals surface area contributed by atoms with E-state index in [-0.39, 0.29) is 13.6 Å². The molecule has 2 unspecified atom stereocenters. The predicted molar refractivity (Wildman–Crippen MR) is 47.6 cm³/mol. The highest BCUT2D eigenvalue weighted by Crippen LogP contribution is 2.10. The van der Waals surface area contributed by atoms with Crippen LogP contribution < -0.4 is 5.73 Å². The summed E-state index contributed by atoms with van der Waals surface area (Å²) in [7, 11) is 2.11. The van der Waals surface area contributed by atoms with Gasteiger partial charge < -0.3 is 15.4 Å². The molecule has 0 bridgehead atoms. The monoisotopic (exact) mass is 160 g/mol. The van der Waals surface area contributed by atoms with E-state index in [9.17, 15) is 0 Å². The average Bonchev–Trinajstić information content (AvgIpc) is 1.98. The van der Waals surface area contributed by atoms with Crippen molar-refractivity contribution in [2.24, 2.45) is 5.73 Å². The summed E-state index contributed by atoms with van der Waals surface area (Å²) in [6.07, 6.45) is 1.31. The van der Waals surface area contributed by atoms with Gasteiger partial charge in [0.25, 0.3) is 0 Å². The lowest BCUT2D eigenvalue weighted by Crippen LogP contribution is -2.50. The van der Waals surface area contributed by atoms with Gasteiger partial charge in [-0.25, -0.2) is 0 Å². The molecule has 1 fully saturated rings. The Labute approximate surface area is 70.0 Å². The van der Waals surface area contributed by atoms with Gasteiger partial charge in [0.05, 0.1) is 6.10 Å². The van der Waals surface area contributed by atoms with Gasteiger partial charge in [-0.2, -0.15) is 0 Å². The summed E-state index contributed by atoms with van der Waals surface area (Å²) in [5.41, 5.74) is 5.88. The third-order valence-electron chi connectivity index (χ3n) is 2.19. The maximum Gasteiger partial charge on any atom is 0.0852 e. The van der Waals surface area contributed by atoms with E-state index >= 15 is 0 Å². The first kappa shape index (κ1) is 8.97. The van der Waals surface area contributed by atoms with Crippen molar-refractivity contribution in [1.29, 1.82) is 0 Å². The molecular weight excluding hydrogens is 140 g/mol. The van der Waals surface area contributed by atoms with Gasteiger partial charge in [0.1, 0.15) is 0 Å². The molecular formula is C8H20N2O. The number of nitrogens with two attached hydrogens (primary N) is 1. The Morgan fingerprint density at radius 2 is 2.45 bits per heavy atom. The van der Waals surface area contributed by atoms with E-state index < -0.39 is 0 Å². The molecule has 2 N–H and O–H groups in total. The van der Waals surface area contributed by atoms with Crippen LogP contribution in [0.25, 0.3) is 0 Å². The molecule has 3 heteroatoms. The molecule has 1 aliphatic rings. The second-order valence-electron chi connectivity index (χ2n) is 3.21. The lowest BCUT2D eigenvalue weighted by molar-refractivity contribution is -0.000129. The summed E-state index contributed by atoms with van der Waals surface area (Å²) in [5, 5.41) is 0. The van der Waals surface area contributed by atoms with Crippen LogP contribution >= 0.6 is 0 Å². The van der Waals surface area contributed by atoms with Gasteiger partial charge in [0.15, 0.2) is 0 Å². The molecule has 0 radical (unpaired) electrons. The van der Waals surface area contributed by atoms with Crippen molar-refractivity contribution >= 4 is 0 Å². The zero-order valence-corrected chi connectivity index (χ0v) is 7.42. The molecule has 0 saturated carbocycles. The highest BCUT2D eigenvalue weighted by Gasteiger charge is 2.24. The fourth-order valence-corrected chi connectivity index (χ4v) is 1.48. The van der Waals surface area contributed by atoms with Crippen molar-refractivity contribution in [3.05, 3.63) is 0 Å². The van der Waals surface area contributed by atoms with E-state index in [0.717, 1.165) is 26.1 Å². The standard InChI is InChI=1S/C8H18N2O.H2/c1-3-11-8-6-10(2)5-4-7(8)9;/h7-8H,3-6,9H2,1-2H3;1H. The van der Waals surface area contributed by atoms with Gasteiger partial charge in [-0.05, 0) is 26.9 Å². The van der Waals surface area contributed by atoms with E-state index in [2.05, 4.69) is 11.9 Å². The summed E-state index contributed by atoms with van der Waals surface area (Å²) < 4.78 is 5.50. The number of likely N-dealkylation sites (tertiary alicyclic amines) is 1. The van der Waals surface area contributed by atoms with Gasteiger partial charge in [-0.1, -0.05) is 0 Å². The van der Waals surface area contributed by atoms with Crippen LogP contribution in [0.2, 0.25) is 0 Å². The molecule has 0 spiro atoms. The number of piperidine rings is 1. The highest BCUT2D eigenvalue weighted by atomic mass is 16.5. The fraction of sp³-hybridized carbons (Fsp3) is 1.00. The summed E-state index contributed by atoms with van der Waals surface area (Å²) in [6, 6.07) is 0.242. The zero-order chi connectivity index (χ0) is 8.27. The number of ether oxygens (including phenoxy) is 1. The minimum absolute atomic E-state index is 0. The van der Waals surface area contributed by atoms with Crippen molar-refractivity contribution in [3.63, 3.8) is 0 Å². The SMILES string of the molecule is CCOC1CN(C)CCC1N.[HH]. The first-order chi connectivity index (χ1) is 5.24. The van der Waals surface area contributed by atoms with E-state index in [0.29, 0.717) is 0 Å². The molecule has 1 saturated heterocycles. The Balaban J connectivity index is 0.00000121. The highest BCUT2D eigenvalue weighted by molar-refractivity contribution is 4.82. The van der Waals surface area contributed by atoms with E-state index in [1.54, 1.807) is 0 Å². The molecule has 0 aromatic rings. The molecule has 68 valence electrons. The number of nitrogens with zero attached hydrogens (tertiary/aromatic N) is 1. The molecule has 1 heterocycles. The van der Waals surface area contributed by atoms with Crippen LogP contribution in [0.4, 0.5) is 0 Å². The van der Waals surface area contributed by atoms with Gasteiger partial charge in [-0.3, -0.25) is 0 Å². The van der Waals surface area contributed by atoms with Crippen LogP contribution in [0.5, 0.6) is 0 Å². The Bertz CT molecular complexity index is 124. The molecule has 1 aliphatic heterocycles. The number of hydrogen-bond donors (Lipinski definition) is 1. The fourth-order valence-electron chi connectivity index (χ4n) is 1.48. The lowest BCUT2D eigenvalue weighted by Gasteiger charge is -2.34. The first-order valence-electron chi connectivity index (χ1n) is 4.29. The number of hydrogen-bond acceptors (Lipinski definition) is 3. The quantitative estimate of drug-likeness (QED) is 0.631. The van der Waals surface area contributed by atoms with Crippen molar-refractivity contribution in [2.75, 3.05) is 26.7 Å². The van der Waals surface area contributed by atoms with Gasteiger partial charge in [0.2, 0.25) is 0 Å². The molecule has 3 nitrogen and oxygen atoms in total. The zero-order valence-electron chi connectivity index (χ0n) is 7.42. The minimum Gasteiger partial charge on any atom is -0.376 e. The Morgan fingerprint density at radius 1 is 1.73 bits per heavy atom. The van der Waals surface area contributed by atoms with Crippen molar-refractivity contribution in [1.82, 2.24) is 4.90 Å². The van der Waals surface area contributed by atoms with Crippen LogP contribution in [-0.4, -0.2) is 43.8 Å². The van der Waals surface area contributed by atoms with E-state index in [1.165, 1.54) is 0 Å². The molecule has 0 amide bonds. The van der Waals surface area contributed by atoms with E-state index in [1.807, 2.05) is 6.92 Å². The van der Waals surface area contributed by atoms with Crippen molar-refractivity contribution in [2.45, 2.75) is 25.5 Å². The normalized spacial score (nSPS) is 34.1. The van der Waals surface area contributed by atoms with Crippen LogP contribution in [0.15, 0.2) is 0 Å². The van der Waals surface area contributed by atoms with Crippen LogP contribution in [-0.2, 0) is 4.74 Å². The third kappa shape index (κ3) is 2.43. The lowest BCUT2D eigenvalue weighted by atomic mass is 10.0. The van der Waals surface area contributed by atoms with Gasteiger partial charge in [-0.15, -0.1) is 0 Å². The summed E-state index contributed by atoms with van der Waals surface area (Å²) in [6.45, 7) is 4.87. The summed E-state index contributed by atoms with van der Waals surface area (Å²) in [4.78, 5) is 2.27. The minimum atomic E-state index is 0. The smallest absolute Gasteiger partial charge is 0.0852 e. The maximum absolute atomic E-state index is 5.88.